The van der Waals surface area contributed by atoms with E-state index in [1.54, 1.807) is 41.6 Å². The van der Waals surface area contributed by atoms with Crippen molar-refractivity contribution < 1.29 is 4.39 Å². The third kappa shape index (κ3) is 3.82. The average Bonchev–Trinajstić information content (AvgIpc) is 3.28. The molecule has 0 spiro atoms. The molecule has 4 rings (SSSR count). The van der Waals surface area contributed by atoms with Gasteiger partial charge in [-0.1, -0.05) is 24.1 Å². The molecule has 2 aromatic rings. The van der Waals surface area contributed by atoms with Gasteiger partial charge in [0.1, 0.15) is 10.8 Å². The maximum absolute atomic E-state index is 13.3. The molecule has 29 heavy (non-hydrogen) atoms. The molecule has 2 aliphatic rings. The number of hydrogen-bond donors (Lipinski definition) is 1. The number of fused-ring (bicyclic) bond motifs is 1. The highest BCUT2D eigenvalue weighted by Crippen LogP contribution is 2.53. The predicted molar refractivity (Wildman–Crippen MR) is 122 cm³/mol. The van der Waals surface area contributed by atoms with Crippen LogP contribution in [-0.4, -0.2) is 34.3 Å². The molecule has 0 amide bonds. The van der Waals surface area contributed by atoms with Crippen molar-refractivity contribution in [2.45, 2.75) is 12.8 Å². The van der Waals surface area contributed by atoms with Crippen molar-refractivity contribution in [1.82, 2.24) is 9.29 Å². The number of rotatable bonds is 4. The number of aliphatic imine (C=N–C) groups is 1. The summed E-state index contributed by atoms with van der Waals surface area (Å²) in [5, 5.41) is 2.95. The van der Waals surface area contributed by atoms with Crippen LogP contribution in [0.15, 0.2) is 70.8 Å². The second-order valence-corrected chi connectivity index (χ2v) is 8.98. The number of nitrogens with two attached hydrogens (primary N) is 1. The summed E-state index contributed by atoms with van der Waals surface area (Å²) >= 11 is 3.38. The monoisotopic (exact) mass is 426 g/mol. The summed E-state index contributed by atoms with van der Waals surface area (Å²) in [6.07, 6.45) is 9.39. The molecule has 1 aliphatic heterocycles. The molecule has 150 valence electrons. The molecular weight excluding hydrogens is 403 g/mol. The van der Waals surface area contributed by atoms with Crippen LogP contribution in [-0.2, 0) is 0 Å². The van der Waals surface area contributed by atoms with Gasteiger partial charge in [0.2, 0.25) is 0 Å². The van der Waals surface area contributed by atoms with Gasteiger partial charge in [0.05, 0.1) is 11.4 Å². The van der Waals surface area contributed by atoms with Gasteiger partial charge in [0.15, 0.2) is 0 Å². The van der Waals surface area contributed by atoms with Gasteiger partial charge < -0.3 is 5.73 Å². The zero-order valence-electron chi connectivity index (χ0n) is 16.3. The van der Waals surface area contributed by atoms with Gasteiger partial charge in [0.25, 0.3) is 0 Å². The highest BCUT2D eigenvalue weighted by atomic mass is 32.2. The van der Waals surface area contributed by atoms with E-state index in [0.717, 1.165) is 47.8 Å². The molecule has 0 radical (unpaired) electrons. The lowest BCUT2D eigenvalue weighted by atomic mass is 9.63. The Balaban J connectivity index is 1.80. The molecule has 4 nitrogen and oxygen atoms in total. The van der Waals surface area contributed by atoms with E-state index in [-0.39, 0.29) is 11.2 Å². The largest absolute Gasteiger partial charge is 0.404 e. The summed E-state index contributed by atoms with van der Waals surface area (Å²) in [7, 11) is 0. The Morgan fingerprint density at radius 2 is 2.21 bits per heavy atom. The van der Waals surface area contributed by atoms with E-state index in [1.165, 1.54) is 17.7 Å². The summed E-state index contributed by atoms with van der Waals surface area (Å²) in [4.78, 5) is 9.28. The molecule has 1 saturated heterocycles. The molecule has 2 N–H and O–H groups in total. The van der Waals surface area contributed by atoms with Crippen LogP contribution in [0, 0.1) is 11.2 Å². The molecule has 1 atom stereocenters. The van der Waals surface area contributed by atoms with Crippen LogP contribution in [0.25, 0.3) is 5.57 Å². The smallest absolute Gasteiger partial charge is 0.123 e. The van der Waals surface area contributed by atoms with Crippen LogP contribution in [0.1, 0.15) is 17.8 Å². The Bertz CT molecular complexity index is 992. The summed E-state index contributed by atoms with van der Waals surface area (Å²) in [5.41, 5.74) is 10.7. The van der Waals surface area contributed by atoms with Crippen LogP contribution < -0.4 is 5.73 Å². The lowest BCUT2D eigenvalue weighted by Gasteiger charge is -2.47. The number of allylic oxidation sites excluding steroid dienone is 2. The van der Waals surface area contributed by atoms with E-state index in [1.807, 2.05) is 11.6 Å². The van der Waals surface area contributed by atoms with Crippen LogP contribution in [0.4, 0.5) is 10.1 Å². The zero-order chi connectivity index (χ0) is 20.4. The van der Waals surface area contributed by atoms with Crippen molar-refractivity contribution in [2.75, 3.05) is 19.3 Å². The summed E-state index contributed by atoms with van der Waals surface area (Å²) in [6, 6.07) is 6.21. The van der Waals surface area contributed by atoms with E-state index in [9.17, 15) is 4.39 Å². The van der Waals surface area contributed by atoms with Crippen molar-refractivity contribution in [3.05, 3.63) is 76.7 Å². The van der Waals surface area contributed by atoms with Crippen molar-refractivity contribution in [3.8, 4) is 0 Å². The molecule has 2 heterocycles. The predicted octanol–water partition coefficient (Wildman–Crippen LogP) is 5.21. The van der Waals surface area contributed by atoms with Crippen LogP contribution in [0.5, 0.6) is 0 Å². The summed E-state index contributed by atoms with van der Waals surface area (Å²) < 4.78 is 15.6. The van der Waals surface area contributed by atoms with Gasteiger partial charge >= 0.3 is 0 Å². The zero-order valence-corrected chi connectivity index (χ0v) is 17.9. The minimum absolute atomic E-state index is 0.244. The first kappa shape index (κ1) is 20.1. The van der Waals surface area contributed by atoms with Crippen LogP contribution in [0.3, 0.4) is 0 Å². The topological polar surface area (TPSA) is 54.5 Å². The summed E-state index contributed by atoms with van der Waals surface area (Å²) in [6.45, 7) is 6.31. The number of halogens is 1. The molecule has 1 unspecified atom stereocenters. The van der Waals surface area contributed by atoms with E-state index in [0.29, 0.717) is 5.69 Å². The molecule has 1 aliphatic carbocycles. The second-order valence-electron chi connectivity index (χ2n) is 7.21. The Hall–Kier alpha value is -2.22. The first-order chi connectivity index (χ1) is 14.1. The molecule has 7 heteroatoms. The quantitative estimate of drug-likeness (QED) is 0.682. The standard InChI is InChI=1S/C22H23FN4S2/c1-15(21-25-8-10-29-21)22-12-16(13-24)20(26-19-5-3-18(23)4-6-19)11-17(22)7-9-27(14-22)28-2/h3-6,8,10-11,13H,1,7,9,12,14,24H2,2H3. The SMILES string of the molecule is C=C(c1nccs1)C12CC(=CN)C(=Nc3ccc(F)cc3)C=C1CCN(SC)C2. The Labute approximate surface area is 178 Å². The van der Waals surface area contributed by atoms with Gasteiger partial charge in [0, 0.05) is 30.1 Å². The van der Waals surface area contributed by atoms with Crippen molar-refractivity contribution in [3.63, 3.8) is 0 Å². The molecular formula is C22H23FN4S2. The van der Waals surface area contributed by atoms with E-state index < -0.39 is 0 Å². The van der Waals surface area contributed by atoms with Crippen molar-refractivity contribution in [1.29, 1.82) is 0 Å². The van der Waals surface area contributed by atoms with Gasteiger partial charge in [-0.25, -0.2) is 18.7 Å². The number of aromatic nitrogens is 1. The molecule has 1 aromatic heterocycles. The van der Waals surface area contributed by atoms with Gasteiger partial charge in [-0.2, -0.15) is 0 Å². The lowest BCUT2D eigenvalue weighted by molar-refractivity contribution is 0.289. The molecule has 0 saturated carbocycles. The third-order valence-electron chi connectivity index (χ3n) is 5.63. The highest BCUT2D eigenvalue weighted by molar-refractivity contribution is 7.96. The maximum Gasteiger partial charge on any atom is 0.123 e. The van der Waals surface area contributed by atoms with Crippen molar-refractivity contribution >= 4 is 40.3 Å². The fourth-order valence-electron chi connectivity index (χ4n) is 4.05. The van der Waals surface area contributed by atoms with E-state index >= 15 is 0 Å². The van der Waals surface area contributed by atoms with Crippen LogP contribution >= 0.6 is 23.3 Å². The van der Waals surface area contributed by atoms with Gasteiger partial charge in [-0.15, -0.1) is 11.3 Å². The molecule has 1 aromatic carbocycles. The number of hydrogen-bond acceptors (Lipinski definition) is 6. The Kier molecular flexibility index (Phi) is 5.72. The average molecular weight is 427 g/mol. The lowest BCUT2D eigenvalue weighted by Crippen LogP contribution is -2.45. The maximum atomic E-state index is 13.3. The van der Waals surface area contributed by atoms with Gasteiger partial charge in [-0.05, 0) is 66.8 Å². The normalized spacial score (nSPS) is 25.1. The fourth-order valence-corrected chi connectivity index (χ4v) is 5.38. The van der Waals surface area contributed by atoms with Crippen LogP contribution in [0.2, 0.25) is 0 Å². The van der Waals surface area contributed by atoms with Gasteiger partial charge in [-0.3, -0.25) is 0 Å². The Morgan fingerprint density at radius 1 is 1.41 bits per heavy atom. The minimum Gasteiger partial charge on any atom is -0.404 e. The second kappa shape index (κ2) is 8.26. The number of benzene rings is 1. The number of piperidine rings is 1. The Morgan fingerprint density at radius 3 is 2.86 bits per heavy atom. The number of thiazole rings is 1. The first-order valence-electron chi connectivity index (χ1n) is 9.40. The van der Waals surface area contributed by atoms with Crippen molar-refractivity contribution in [2.24, 2.45) is 16.1 Å². The number of nitrogens with zero attached hydrogens (tertiary/aromatic N) is 3. The fraction of sp³-hybridized carbons (Fsp3) is 0.273. The highest BCUT2D eigenvalue weighted by Gasteiger charge is 2.46. The van der Waals surface area contributed by atoms with E-state index in [2.05, 4.69) is 28.2 Å². The first-order valence-corrected chi connectivity index (χ1v) is 11.5. The summed E-state index contributed by atoms with van der Waals surface area (Å²) in [5.74, 6) is -0.270. The van der Waals surface area contributed by atoms with E-state index in [4.69, 9.17) is 10.7 Å². The minimum atomic E-state index is -0.270. The third-order valence-corrected chi connectivity index (χ3v) is 7.29. The molecule has 1 fully saturated rings. The molecule has 0 bridgehead atoms.